The molecule has 0 aliphatic carbocycles. The van der Waals surface area contributed by atoms with Crippen molar-refractivity contribution < 1.29 is 8.42 Å². The van der Waals surface area contributed by atoms with Crippen LogP contribution in [0, 0.1) is 13.8 Å². The molecule has 1 aliphatic heterocycles. The molecule has 1 fully saturated rings. The van der Waals surface area contributed by atoms with Crippen molar-refractivity contribution in [1.82, 2.24) is 4.31 Å². The van der Waals surface area contributed by atoms with E-state index in [1.54, 1.807) is 13.0 Å². The average Bonchev–Trinajstić information content (AvgIpc) is 2.82. The molecule has 0 amide bonds. The van der Waals surface area contributed by atoms with Crippen molar-refractivity contribution in [2.45, 2.75) is 37.6 Å². The lowest BCUT2D eigenvalue weighted by Crippen LogP contribution is -2.42. The zero-order valence-electron chi connectivity index (χ0n) is 11.1. The van der Waals surface area contributed by atoms with E-state index in [9.17, 15) is 8.42 Å². The molecular formula is C13H18N2O2S2. The van der Waals surface area contributed by atoms with E-state index in [0.717, 1.165) is 17.5 Å². The van der Waals surface area contributed by atoms with Crippen LogP contribution in [0.3, 0.4) is 0 Å². The number of sulfonamides is 1. The first kappa shape index (κ1) is 14.4. The SMILES string of the molecule is Cc1ccc(C)c(S(=O)(=O)N2CCCC2C(N)=S)c1. The maximum Gasteiger partial charge on any atom is 0.243 e. The van der Waals surface area contributed by atoms with E-state index in [4.69, 9.17) is 18.0 Å². The first-order chi connectivity index (χ1) is 8.84. The van der Waals surface area contributed by atoms with Gasteiger partial charge >= 0.3 is 0 Å². The van der Waals surface area contributed by atoms with Crippen LogP contribution < -0.4 is 5.73 Å². The molecule has 2 N–H and O–H groups in total. The van der Waals surface area contributed by atoms with Crippen LogP contribution in [0.25, 0.3) is 0 Å². The maximum atomic E-state index is 12.7. The molecule has 1 aliphatic rings. The van der Waals surface area contributed by atoms with Crippen molar-refractivity contribution in [3.63, 3.8) is 0 Å². The van der Waals surface area contributed by atoms with E-state index >= 15 is 0 Å². The molecule has 2 rings (SSSR count). The third-order valence-corrected chi connectivity index (χ3v) is 5.78. The standard InChI is InChI=1S/C13H18N2O2S2/c1-9-5-6-10(2)12(8-9)19(16,17)15-7-3-4-11(15)13(14)18/h5-6,8,11H,3-4,7H2,1-2H3,(H2,14,18). The summed E-state index contributed by atoms with van der Waals surface area (Å²) >= 11 is 4.98. The zero-order chi connectivity index (χ0) is 14.2. The van der Waals surface area contributed by atoms with Crippen molar-refractivity contribution in [2.24, 2.45) is 5.73 Å². The molecule has 0 spiro atoms. The van der Waals surface area contributed by atoms with Gasteiger partial charge in [0.05, 0.1) is 15.9 Å². The Hall–Kier alpha value is -0.980. The van der Waals surface area contributed by atoms with Crippen LogP contribution in [0.2, 0.25) is 0 Å². The monoisotopic (exact) mass is 298 g/mol. The van der Waals surface area contributed by atoms with Crippen LogP contribution >= 0.6 is 12.2 Å². The highest BCUT2D eigenvalue weighted by Crippen LogP contribution is 2.28. The third-order valence-electron chi connectivity index (χ3n) is 3.46. The Kier molecular flexibility index (Phi) is 3.94. The zero-order valence-corrected chi connectivity index (χ0v) is 12.7. The van der Waals surface area contributed by atoms with Gasteiger partial charge in [-0.3, -0.25) is 0 Å². The summed E-state index contributed by atoms with van der Waals surface area (Å²) in [7, 11) is -3.52. The minimum atomic E-state index is -3.52. The molecule has 19 heavy (non-hydrogen) atoms. The van der Waals surface area contributed by atoms with Gasteiger partial charge in [0.2, 0.25) is 10.0 Å². The van der Waals surface area contributed by atoms with Gasteiger partial charge in [-0.2, -0.15) is 4.31 Å². The molecule has 0 bridgehead atoms. The van der Waals surface area contributed by atoms with Gasteiger partial charge in [0.25, 0.3) is 0 Å². The molecule has 0 aromatic heterocycles. The summed E-state index contributed by atoms with van der Waals surface area (Å²) in [6.07, 6.45) is 1.51. The highest BCUT2D eigenvalue weighted by atomic mass is 32.2. The van der Waals surface area contributed by atoms with Gasteiger partial charge in [0.15, 0.2) is 0 Å². The Morgan fingerprint density at radius 1 is 1.42 bits per heavy atom. The second-order valence-corrected chi connectivity index (χ2v) is 7.28. The van der Waals surface area contributed by atoms with Crippen LogP contribution in [0.15, 0.2) is 23.1 Å². The predicted molar refractivity (Wildman–Crippen MR) is 79.6 cm³/mol. The normalized spacial score (nSPS) is 20.6. The number of hydrogen-bond donors (Lipinski definition) is 1. The topological polar surface area (TPSA) is 63.4 Å². The van der Waals surface area contributed by atoms with Crippen molar-refractivity contribution in [3.05, 3.63) is 29.3 Å². The number of aryl methyl sites for hydroxylation is 2. The highest BCUT2D eigenvalue weighted by Gasteiger charge is 2.37. The number of hydrogen-bond acceptors (Lipinski definition) is 3. The summed E-state index contributed by atoms with van der Waals surface area (Å²) in [4.78, 5) is 0.613. The summed E-state index contributed by atoms with van der Waals surface area (Å²) < 4.78 is 26.9. The molecule has 1 heterocycles. The fourth-order valence-electron chi connectivity index (χ4n) is 2.42. The first-order valence-corrected chi connectivity index (χ1v) is 8.07. The predicted octanol–water partition coefficient (Wildman–Crippen LogP) is 1.74. The van der Waals surface area contributed by atoms with Crippen molar-refractivity contribution >= 4 is 27.2 Å². The summed E-state index contributed by atoms with van der Waals surface area (Å²) in [5, 5.41) is 0. The first-order valence-electron chi connectivity index (χ1n) is 6.22. The Labute approximate surface area is 119 Å². The molecule has 1 atom stereocenters. The van der Waals surface area contributed by atoms with Crippen LogP contribution in [-0.4, -0.2) is 30.3 Å². The van der Waals surface area contributed by atoms with Crippen molar-refractivity contribution in [2.75, 3.05) is 6.54 Å². The third kappa shape index (κ3) is 2.66. The number of nitrogens with two attached hydrogens (primary N) is 1. The van der Waals surface area contributed by atoms with Gasteiger partial charge in [-0.1, -0.05) is 24.4 Å². The molecular weight excluding hydrogens is 280 g/mol. The molecule has 1 aromatic rings. The number of benzene rings is 1. The quantitative estimate of drug-likeness (QED) is 0.863. The number of nitrogens with zero attached hydrogens (tertiary/aromatic N) is 1. The molecule has 1 saturated heterocycles. The number of thiocarbonyl (C=S) groups is 1. The van der Waals surface area contributed by atoms with Crippen LogP contribution in [0.5, 0.6) is 0 Å². The van der Waals surface area contributed by atoms with E-state index in [1.165, 1.54) is 4.31 Å². The van der Waals surface area contributed by atoms with Gasteiger partial charge in [0, 0.05) is 6.54 Å². The maximum absolute atomic E-state index is 12.7. The molecule has 1 unspecified atom stereocenters. The van der Waals surface area contributed by atoms with Gasteiger partial charge in [-0.25, -0.2) is 8.42 Å². The molecule has 4 nitrogen and oxygen atoms in total. The van der Waals surface area contributed by atoms with Gasteiger partial charge < -0.3 is 5.73 Å². The highest BCUT2D eigenvalue weighted by molar-refractivity contribution is 7.89. The summed E-state index contributed by atoms with van der Waals surface area (Å²) in [6, 6.07) is 5.09. The minimum absolute atomic E-state index is 0.256. The Bertz CT molecular complexity index is 611. The van der Waals surface area contributed by atoms with E-state index in [1.807, 2.05) is 19.1 Å². The Balaban J connectivity index is 2.48. The van der Waals surface area contributed by atoms with Crippen LogP contribution in [0.4, 0.5) is 0 Å². The van der Waals surface area contributed by atoms with Crippen LogP contribution in [-0.2, 0) is 10.0 Å². The lowest BCUT2D eigenvalue weighted by molar-refractivity contribution is 0.446. The van der Waals surface area contributed by atoms with E-state index < -0.39 is 10.0 Å². The Morgan fingerprint density at radius 2 is 2.11 bits per heavy atom. The second kappa shape index (κ2) is 5.19. The van der Waals surface area contributed by atoms with Gasteiger partial charge in [-0.05, 0) is 43.9 Å². The fraction of sp³-hybridized carbons (Fsp3) is 0.462. The molecule has 104 valence electrons. The lowest BCUT2D eigenvalue weighted by atomic mass is 10.2. The smallest absolute Gasteiger partial charge is 0.243 e. The summed E-state index contributed by atoms with van der Waals surface area (Å²) in [5.74, 6) is 0. The van der Waals surface area contributed by atoms with Crippen molar-refractivity contribution in [3.8, 4) is 0 Å². The Morgan fingerprint density at radius 3 is 2.74 bits per heavy atom. The lowest BCUT2D eigenvalue weighted by Gasteiger charge is -2.24. The largest absolute Gasteiger partial charge is 0.392 e. The summed E-state index contributed by atoms with van der Waals surface area (Å²) in [6.45, 7) is 4.17. The fourth-order valence-corrected chi connectivity index (χ4v) is 4.72. The average molecular weight is 298 g/mol. The molecule has 6 heteroatoms. The van der Waals surface area contributed by atoms with E-state index in [-0.39, 0.29) is 11.0 Å². The van der Waals surface area contributed by atoms with Crippen LogP contribution in [0.1, 0.15) is 24.0 Å². The molecule has 0 radical (unpaired) electrons. The van der Waals surface area contributed by atoms with E-state index in [2.05, 4.69) is 0 Å². The van der Waals surface area contributed by atoms with Gasteiger partial charge in [-0.15, -0.1) is 0 Å². The molecule has 0 saturated carbocycles. The number of rotatable bonds is 3. The van der Waals surface area contributed by atoms with Gasteiger partial charge in [0.1, 0.15) is 0 Å². The second-order valence-electron chi connectivity index (χ2n) is 4.95. The molecule has 1 aromatic carbocycles. The minimum Gasteiger partial charge on any atom is -0.392 e. The van der Waals surface area contributed by atoms with Crippen molar-refractivity contribution in [1.29, 1.82) is 0 Å². The summed E-state index contributed by atoms with van der Waals surface area (Å²) in [5.41, 5.74) is 7.33. The van der Waals surface area contributed by atoms with E-state index in [0.29, 0.717) is 17.9 Å².